The maximum atomic E-state index is 10.3. The van der Waals surface area contributed by atoms with E-state index >= 15 is 0 Å². The molecule has 134 valence electrons. The molecule has 0 saturated carbocycles. The molecule has 1 N–H and O–H groups in total. The Bertz CT molecular complexity index is 245. The molecular weight excluding hydrogens is 328 g/mol. The van der Waals surface area contributed by atoms with Crippen molar-refractivity contribution in [2.75, 3.05) is 0 Å². The first-order valence-corrected chi connectivity index (χ1v) is 8.64. The van der Waals surface area contributed by atoms with Gasteiger partial charge in [-0.2, -0.15) is 0 Å². The second-order valence-electron chi connectivity index (χ2n) is 5.73. The molecule has 0 unspecified atom stereocenters. The summed E-state index contributed by atoms with van der Waals surface area (Å²) in [5.74, 6) is -0.664. The average molecular weight is 362 g/mol. The molecule has 0 aromatic carbocycles. The molecule has 0 aliphatic rings. The molecule has 0 heterocycles. The maximum absolute atomic E-state index is 10.3. The Kier molecular flexibility index (Phi) is 35.7. The maximum Gasteiger partial charge on any atom is 4.00 e. The predicted octanol–water partition coefficient (Wildman–Crippen LogP) is 5.87. The Morgan fingerprint density at radius 1 is 0.739 bits per heavy atom. The molecule has 5 heteroatoms. The number of carboxylic acids is 1. The van der Waals surface area contributed by atoms with Gasteiger partial charge in [0.05, 0.1) is 0 Å². The zero-order valence-electron chi connectivity index (χ0n) is 14.7. The van der Waals surface area contributed by atoms with Gasteiger partial charge in [-0.05, 0) is 32.1 Å². The molecule has 0 rings (SSSR count). The van der Waals surface area contributed by atoms with Crippen LogP contribution in [0.3, 0.4) is 0 Å². The van der Waals surface area contributed by atoms with Crippen molar-refractivity contribution in [3.8, 4) is 0 Å². The second-order valence-corrected chi connectivity index (χ2v) is 5.73. The van der Waals surface area contributed by atoms with Crippen LogP contribution in [0.2, 0.25) is 0 Å². The summed E-state index contributed by atoms with van der Waals surface area (Å²) >= 11 is 0. The Morgan fingerprint density at radius 2 is 1.13 bits per heavy atom. The molecule has 0 bridgehead atoms. The van der Waals surface area contributed by atoms with Gasteiger partial charge in [0, 0.05) is 6.42 Å². The molecule has 0 aliphatic carbocycles. The van der Waals surface area contributed by atoms with Crippen LogP contribution in [0, 0.1) is 0 Å². The fourth-order valence-electron chi connectivity index (χ4n) is 2.35. The summed E-state index contributed by atoms with van der Waals surface area (Å²) < 4.78 is 0. The van der Waals surface area contributed by atoms with E-state index in [4.69, 9.17) is 5.11 Å². The summed E-state index contributed by atoms with van der Waals surface area (Å²) in [7, 11) is 0. The molecule has 0 radical (unpaired) electrons. The van der Waals surface area contributed by atoms with Crippen molar-refractivity contribution in [2.45, 2.75) is 96.8 Å². The number of hydrogen-bond donors (Lipinski definition) is 1. The van der Waals surface area contributed by atoms with Crippen molar-refractivity contribution in [1.82, 2.24) is 0 Å². The normalized spacial score (nSPS) is 9.78. The zero-order valence-corrected chi connectivity index (χ0v) is 16.3. The third-order valence-corrected chi connectivity index (χ3v) is 3.65. The van der Waals surface area contributed by atoms with E-state index in [0.717, 1.165) is 12.8 Å². The van der Waals surface area contributed by atoms with Crippen molar-refractivity contribution in [1.29, 1.82) is 0 Å². The Balaban J connectivity index is -0.000000602. The standard InChI is InChI=1S/C18H34O2.2O.Ti/c1-2-3-4-5-6-7-8-9-10-11-12-13-14-15-16-17-18(19)20;;;/h9-10H,2-8,11-17H2,1H3,(H,19,20);;;/q;2*-2;+4. The first-order valence-electron chi connectivity index (χ1n) is 8.64. The molecule has 0 aromatic heterocycles. The van der Waals surface area contributed by atoms with Crippen LogP contribution in [0.1, 0.15) is 96.8 Å². The molecule has 0 aromatic rings. The number of rotatable bonds is 15. The Hall–Kier alpha value is -0.156. The summed E-state index contributed by atoms with van der Waals surface area (Å²) in [6.45, 7) is 2.26. The zero-order chi connectivity index (χ0) is 14.9. The third-order valence-electron chi connectivity index (χ3n) is 3.65. The van der Waals surface area contributed by atoms with Gasteiger partial charge in [0.1, 0.15) is 0 Å². The Labute approximate surface area is 157 Å². The number of unbranched alkanes of at least 4 members (excludes halogenated alkanes) is 11. The fraction of sp³-hybridized carbons (Fsp3) is 0.833. The summed E-state index contributed by atoms with van der Waals surface area (Å²) in [5, 5.41) is 8.51. The van der Waals surface area contributed by atoms with Crippen molar-refractivity contribution in [3.63, 3.8) is 0 Å². The van der Waals surface area contributed by atoms with Crippen LogP contribution in [-0.4, -0.2) is 11.1 Å². The van der Waals surface area contributed by atoms with Gasteiger partial charge in [-0.1, -0.05) is 70.4 Å². The fourth-order valence-corrected chi connectivity index (χ4v) is 2.35. The van der Waals surface area contributed by atoms with Crippen LogP contribution in [-0.2, 0) is 37.5 Å². The minimum Gasteiger partial charge on any atom is -2.00 e. The van der Waals surface area contributed by atoms with Crippen LogP contribution < -0.4 is 0 Å². The van der Waals surface area contributed by atoms with Crippen LogP contribution in [0.4, 0.5) is 0 Å². The monoisotopic (exact) mass is 362 g/mol. The van der Waals surface area contributed by atoms with Crippen LogP contribution in [0.15, 0.2) is 12.2 Å². The van der Waals surface area contributed by atoms with E-state index in [1.54, 1.807) is 0 Å². The van der Waals surface area contributed by atoms with Crippen LogP contribution in [0.5, 0.6) is 0 Å². The van der Waals surface area contributed by atoms with E-state index in [9.17, 15) is 4.79 Å². The van der Waals surface area contributed by atoms with Crippen LogP contribution in [0.25, 0.3) is 0 Å². The molecule has 23 heavy (non-hydrogen) atoms. The first kappa shape index (κ1) is 30.7. The quantitative estimate of drug-likeness (QED) is 0.224. The van der Waals surface area contributed by atoms with Gasteiger partial charge in [-0.15, -0.1) is 0 Å². The molecular formula is C18H34O4Ti. The van der Waals surface area contributed by atoms with Gasteiger partial charge < -0.3 is 16.1 Å². The number of carboxylic acid groups (broad SMARTS) is 1. The summed E-state index contributed by atoms with van der Waals surface area (Å²) in [6, 6.07) is 0. The molecule has 0 amide bonds. The number of aliphatic carboxylic acids is 1. The van der Waals surface area contributed by atoms with Crippen LogP contribution >= 0.6 is 0 Å². The first-order chi connectivity index (χ1) is 9.77. The largest absolute Gasteiger partial charge is 4.00 e. The second kappa shape index (κ2) is 26.7. The smallest absolute Gasteiger partial charge is 2.00 e. The molecule has 0 aliphatic heterocycles. The van der Waals surface area contributed by atoms with Crippen molar-refractivity contribution in [2.24, 2.45) is 0 Å². The van der Waals surface area contributed by atoms with E-state index in [2.05, 4.69) is 19.1 Å². The van der Waals surface area contributed by atoms with Gasteiger partial charge in [0.25, 0.3) is 0 Å². The molecule has 0 spiro atoms. The number of carbonyl (C=O) groups is 1. The van der Waals surface area contributed by atoms with Gasteiger partial charge in [-0.3, -0.25) is 4.79 Å². The van der Waals surface area contributed by atoms with Gasteiger partial charge in [0.2, 0.25) is 0 Å². The SMILES string of the molecule is CCCCCCCCC=CCCCCCCCC(=O)O.[O-2].[O-2].[Ti+4]. The van der Waals surface area contributed by atoms with Gasteiger partial charge in [-0.25, -0.2) is 0 Å². The Morgan fingerprint density at radius 3 is 1.57 bits per heavy atom. The van der Waals surface area contributed by atoms with Crippen molar-refractivity contribution >= 4 is 5.97 Å². The summed E-state index contributed by atoms with van der Waals surface area (Å²) in [6.07, 6.45) is 21.2. The molecule has 0 saturated heterocycles. The minimum absolute atomic E-state index is 0. The van der Waals surface area contributed by atoms with E-state index < -0.39 is 5.97 Å². The number of allylic oxidation sites excluding steroid dienone is 2. The van der Waals surface area contributed by atoms with Crippen molar-refractivity contribution < 1.29 is 42.6 Å². The summed E-state index contributed by atoms with van der Waals surface area (Å²) in [5.41, 5.74) is 0. The average Bonchev–Trinajstić information content (AvgIpc) is 2.43. The molecule has 4 nitrogen and oxygen atoms in total. The van der Waals surface area contributed by atoms with E-state index in [1.165, 1.54) is 70.6 Å². The van der Waals surface area contributed by atoms with E-state index in [-0.39, 0.29) is 32.7 Å². The van der Waals surface area contributed by atoms with Gasteiger partial charge >= 0.3 is 27.7 Å². The topological polar surface area (TPSA) is 94.3 Å². The third kappa shape index (κ3) is 30.3. The number of hydrogen-bond acceptors (Lipinski definition) is 1. The molecule has 0 fully saturated rings. The summed E-state index contributed by atoms with van der Waals surface area (Å²) in [4.78, 5) is 10.3. The predicted molar refractivity (Wildman–Crippen MR) is 88.5 cm³/mol. The van der Waals surface area contributed by atoms with Crippen molar-refractivity contribution in [3.05, 3.63) is 12.2 Å². The van der Waals surface area contributed by atoms with Gasteiger partial charge in [0.15, 0.2) is 0 Å². The van der Waals surface area contributed by atoms with E-state index in [0.29, 0.717) is 6.42 Å². The minimum atomic E-state index is -0.664. The van der Waals surface area contributed by atoms with E-state index in [1.807, 2.05) is 0 Å². The molecule has 0 atom stereocenters.